The molecule has 2 atom stereocenters. The first-order chi connectivity index (χ1) is 16.4. The van der Waals surface area contributed by atoms with Gasteiger partial charge in [0, 0.05) is 25.1 Å². The van der Waals surface area contributed by atoms with Gasteiger partial charge < -0.3 is 24.6 Å². The van der Waals surface area contributed by atoms with Crippen LogP contribution in [0.25, 0.3) is 11.3 Å². The van der Waals surface area contributed by atoms with Crippen molar-refractivity contribution in [1.29, 1.82) is 0 Å². The lowest BCUT2D eigenvalue weighted by Crippen LogP contribution is -2.45. The maximum absolute atomic E-state index is 12.1. The molecule has 2 N–H and O–H groups in total. The Labute approximate surface area is 198 Å². The van der Waals surface area contributed by atoms with Crippen LogP contribution in [0, 0.1) is 25.2 Å². The number of carboxylic acids is 1. The summed E-state index contributed by atoms with van der Waals surface area (Å²) < 4.78 is 10.9. The van der Waals surface area contributed by atoms with E-state index >= 15 is 0 Å². The molecule has 0 aromatic carbocycles. The quantitative estimate of drug-likeness (QED) is 0.658. The molecule has 0 bridgehead atoms. The largest absolute Gasteiger partial charge is 0.481 e. The maximum atomic E-state index is 12.1. The molecule has 2 aliphatic carbocycles. The fourth-order valence-electron chi connectivity index (χ4n) is 5.29. The van der Waals surface area contributed by atoms with E-state index in [0.717, 1.165) is 47.9 Å². The van der Waals surface area contributed by atoms with Crippen LogP contribution < -0.4 is 10.2 Å². The minimum absolute atomic E-state index is 0.000410. The Kier molecular flexibility index (Phi) is 5.89. The van der Waals surface area contributed by atoms with Gasteiger partial charge in [-0.3, -0.25) is 4.79 Å². The molecule has 1 aliphatic heterocycles. The van der Waals surface area contributed by atoms with Crippen LogP contribution >= 0.6 is 0 Å². The molecule has 2 aromatic rings. The topological polar surface area (TPSA) is 114 Å². The highest BCUT2D eigenvalue weighted by Gasteiger charge is 2.50. The number of carboxylic acid groups (broad SMARTS) is 1. The molecular weight excluding hydrogens is 434 g/mol. The minimum atomic E-state index is -0.748. The number of nitrogens with one attached hydrogen (secondary N) is 1. The number of carbonyl (C=O) groups is 1. The lowest BCUT2D eigenvalue weighted by molar-refractivity contribution is -0.151. The predicted octanol–water partition coefficient (Wildman–Crippen LogP) is 3.75. The average molecular weight is 466 g/mol. The molecular formula is C25H31N5O4. The Morgan fingerprint density at radius 3 is 2.62 bits per heavy atom. The Bertz CT molecular complexity index is 1120. The third-order valence-corrected chi connectivity index (χ3v) is 7.43. The van der Waals surface area contributed by atoms with Crippen molar-refractivity contribution in [1.82, 2.24) is 15.1 Å². The molecule has 3 heterocycles. The molecule has 1 saturated carbocycles. The molecule has 9 nitrogen and oxygen atoms in total. The highest BCUT2D eigenvalue weighted by atomic mass is 16.5. The van der Waals surface area contributed by atoms with Gasteiger partial charge in [0.05, 0.1) is 41.6 Å². The van der Waals surface area contributed by atoms with Gasteiger partial charge in [-0.2, -0.15) is 4.98 Å². The van der Waals surface area contributed by atoms with Crippen LogP contribution in [0.1, 0.15) is 37.6 Å². The normalized spacial score (nSPS) is 23.9. The zero-order chi connectivity index (χ0) is 23.9. The highest BCUT2D eigenvalue weighted by molar-refractivity contribution is 5.80. The van der Waals surface area contributed by atoms with E-state index in [-0.39, 0.29) is 12.0 Å². The zero-order valence-electron chi connectivity index (χ0n) is 19.9. The van der Waals surface area contributed by atoms with E-state index in [0.29, 0.717) is 37.8 Å². The van der Waals surface area contributed by atoms with Crippen molar-refractivity contribution in [3.63, 3.8) is 0 Å². The van der Waals surface area contributed by atoms with Gasteiger partial charge in [0.1, 0.15) is 11.6 Å². The number of ether oxygens (including phenoxy) is 1. The number of aryl methyl sites for hydroxylation is 2. The molecule has 2 unspecified atom stereocenters. The second-order valence-electron chi connectivity index (χ2n) is 9.44. The first-order valence-electron chi connectivity index (χ1n) is 11.9. The molecule has 1 saturated heterocycles. The minimum Gasteiger partial charge on any atom is -0.481 e. The van der Waals surface area contributed by atoms with E-state index < -0.39 is 11.4 Å². The number of allylic oxidation sites excluding steroid dienone is 2. The molecule has 34 heavy (non-hydrogen) atoms. The number of hydrogen-bond donors (Lipinski definition) is 2. The van der Waals surface area contributed by atoms with Gasteiger partial charge in [0.25, 0.3) is 0 Å². The van der Waals surface area contributed by atoms with Crippen molar-refractivity contribution in [3.8, 4) is 11.3 Å². The van der Waals surface area contributed by atoms with Crippen molar-refractivity contribution < 1.29 is 19.2 Å². The standard InChI is InChI=1S/C25H31N5O4/c1-15-18(25(23(31)32)8-5-9-25)6-4-7-19(15)26-24-27-20(22-16(2)29-34-17(22)3)14-21(28-24)30-10-12-33-13-11-30/h4,6-7,14-15,19H,5,8-13H2,1-3H3,(H,31,32)(H,26,27,28). The molecule has 9 heteroatoms. The Hall–Kier alpha value is -3.20. The van der Waals surface area contributed by atoms with E-state index in [2.05, 4.69) is 28.4 Å². The smallest absolute Gasteiger partial charge is 0.313 e. The van der Waals surface area contributed by atoms with Crippen LogP contribution in [0.15, 0.2) is 34.4 Å². The Morgan fingerprint density at radius 1 is 1.24 bits per heavy atom. The first-order valence-corrected chi connectivity index (χ1v) is 11.9. The van der Waals surface area contributed by atoms with Crippen LogP contribution in [0.2, 0.25) is 0 Å². The Balaban J connectivity index is 1.47. The molecule has 0 radical (unpaired) electrons. The van der Waals surface area contributed by atoms with E-state index in [4.69, 9.17) is 19.2 Å². The van der Waals surface area contributed by atoms with Crippen molar-refractivity contribution >= 4 is 17.7 Å². The van der Waals surface area contributed by atoms with E-state index in [1.54, 1.807) is 0 Å². The average Bonchev–Trinajstić information content (AvgIpc) is 3.13. The zero-order valence-corrected chi connectivity index (χ0v) is 19.9. The summed E-state index contributed by atoms with van der Waals surface area (Å²) in [5, 5.41) is 17.6. The van der Waals surface area contributed by atoms with Crippen LogP contribution in [-0.4, -0.2) is 58.5 Å². The van der Waals surface area contributed by atoms with Crippen molar-refractivity contribution in [2.24, 2.45) is 11.3 Å². The SMILES string of the molecule is Cc1noc(C)c1-c1cc(N2CCOCC2)nc(NC2C=CC=C(C3(C(=O)O)CCC3)C2C)n1. The number of anilines is 2. The highest BCUT2D eigenvalue weighted by Crippen LogP contribution is 2.51. The van der Waals surface area contributed by atoms with Gasteiger partial charge in [0.2, 0.25) is 5.95 Å². The molecule has 2 fully saturated rings. The number of aliphatic carboxylic acids is 1. The third kappa shape index (κ3) is 3.87. The molecule has 180 valence electrons. The van der Waals surface area contributed by atoms with Crippen LogP contribution in [0.3, 0.4) is 0 Å². The van der Waals surface area contributed by atoms with Crippen molar-refractivity contribution in [3.05, 3.63) is 41.3 Å². The number of nitrogens with zero attached hydrogens (tertiary/aromatic N) is 4. The molecule has 2 aromatic heterocycles. The lowest BCUT2D eigenvalue weighted by Gasteiger charge is -2.44. The molecule has 5 rings (SSSR count). The number of morpholine rings is 1. The summed E-state index contributed by atoms with van der Waals surface area (Å²) in [5.41, 5.74) is 2.62. The van der Waals surface area contributed by atoms with Gasteiger partial charge in [-0.05, 0) is 32.3 Å². The summed E-state index contributed by atoms with van der Waals surface area (Å²) in [6, 6.07) is 1.86. The summed E-state index contributed by atoms with van der Waals surface area (Å²) in [5.74, 6) is 1.30. The van der Waals surface area contributed by atoms with Crippen LogP contribution in [0.5, 0.6) is 0 Å². The first kappa shape index (κ1) is 22.6. The summed E-state index contributed by atoms with van der Waals surface area (Å²) in [7, 11) is 0. The van der Waals surface area contributed by atoms with Crippen molar-refractivity contribution in [2.75, 3.05) is 36.5 Å². The second kappa shape index (κ2) is 8.87. The van der Waals surface area contributed by atoms with Gasteiger partial charge in [0.15, 0.2) is 0 Å². The van der Waals surface area contributed by atoms with Gasteiger partial charge in [-0.15, -0.1) is 0 Å². The van der Waals surface area contributed by atoms with E-state index in [1.807, 2.05) is 32.1 Å². The van der Waals surface area contributed by atoms with Gasteiger partial charge in [-0.1, -0.05) is 36.7 Å². The second-order valence-corrected chi connectivity index (χ2v) is 9.44. The van der Waals surface area contributed by atoms with Crippen LogP contribution in [-0.2, 0) is 9.53 Å². The Morgan fingerprint density at radius 2 is 2.00 bits per heavy atom. The monoisotopic (exact) mass is 465 g/mol. The fourth-order valence-corrected chi connectivity index (χ4v) is 5.29. The van der Waals surface area contributed by atoms with Crippen molar-refractivity contribution in [2.45, 2.75) is 46.1 Å². The lowest BCUT2D eigenvalue weighted by atomic mass is 9.59. The maximum Gasteiger partial charge on any atom is 0.313 e. The van der Waals surface area contributed by atoms with Crippen LogP contribution in [0.4, 0.5) is 11.8 Å². The number of hydrogen-bond acceptors (Lipinski definition) is 8. The van der Waals surface area contributed by atoms with E-state index in [1.165, 1.54) is 0 Å². The van der Waals surface area contributed by atoms with E-state index in [9.17, 15) is 9.90 Å². The molecule has 0 amide bonds. The summed E-state index contributed by atoms with van der Waals surface area (Å²) in [6.07, 6.45) is 8.33. The van der Waals surface area contributed by atoms with Gasteiger partial charge in [-0.25, -0.2) is 4.98 Å². The van der Waals surface area contributed by atoms with Gasteiger partial charge >= 0.3 is 5.97 Å². The number of rotatable bonds is 6. The predicted molar refractivity (Wildman–Crippen MR) is 128 cm³/mol. The molecule has 0 spiro atoms. The summed E-state index contributed by atoms with van der Waals surface area (Å²) in [6.45, 7) is 8.68. The third-order valence-electron chi connectivity index (χ3n) is 7.43. The number of aromatic nitrogens is 3. The molecule has 3 aliphatic rings. The summed E-state index contributed by atoms with van der Waals surface area (Å²) in [4.78, 5) is 24.0. The summed E-state index contributed by atoms with van der Waals surface area (Å²) >= 11 is 0. The fraction of sp³-hybridized carbons (Fsp3) is 0.520.